The van der Waals surface area contributed by atoms with Crippen LogP contribution in [0.25, 0.3) is 0 Å². The number of rotatable bonds is 2. The summed E-state index contributed by atoms with van der Waals surface area (Å²) in [5.74, 6) is -2.21. The van der Waals surface area contributed by atoms with Crippen molar-refractivity contribution in [2.24, 2.45) is 23.7 Å². The second-order valence-electron chi connectivity index (χ2n) is 13.5. The number of aliphatic hydroxyl groups excluding tert-OH is 1. The second-order valence-corrected chi connectivity index (χ2v) is 13.5. The summed E-state index contributed by atoms with van der Waals surface area (Å²) in [6, 6.07) is 0. The normalized spacial score (nSPS) is 48.6. The van der Waals surface area contributed by atoms with Crippen LogP contribution in [0.5, 0.6) is 0 Å². The Hall–Kier alpha value is -1.84. The highest BCUT2D eigenvalue weighted by Gasteiger charge is 2.60. The fourth-order valence-corrected chi connectivity index (χ4v) is 7.54. The number of allylic oxidation sites excluding steroid dienone is 4. The van der Waals surface area contributed by atoms with Crippen LogP contribution in [0.2, 0.25) is 0 Å². The first-order valence-corrected chi connectivity index (χ1v) is 15.8. The highest BCUT2D eigenvalue weighted by Crippen LogP contribution is 2.48. The van der Waals surface area contributed by atoms with E-state index in [2.05, 4.69) is 20.8 Å². The molecule has 3 saturated heterocycles. The molecular weight excluding hydrogens is 539 g/mol. The summed E-state index contributed by atoms with van der Waals surface area (Å²) in [6.07, 6.45) is 8.47. The molecule has 7 nitrogen and oxygen atoms in total. The van der Waals surface area contributed by atoms with Crippen molar-refractivity contribution in [3.05, 3.63) is 47.1 Å². The van der Waals surface area contributed by atoms with Gasteiger partial charge in [-0.05, 0) is 55.2 Å². The summed E-state index contributed by atoms with van der Waals surface area (Å²) in [7, 11) is 0. The van der Waals surface area contributed by atoms with Gasteiger partial charge in [0.25, 0.3) is 0 Å². The van der Waals surface area contributed by atoms with Crippen LogP contribution in [0.1, 0.15) is 80.1 Å². The first-order chi connectivity index (χ1) is 19.9. The summed E-state index contributed by atoms with van der Waals surface area (Å²) >= 11 is 0. The zero-order valence-corrected chi connectivity index (χ0v) is 25.9. The van der Waals surface area contributed by atoms with E-state index in [1.54, 1.807) is 38.2 Å². The highest BCUT2D eigenvalue weighted by atomic mass is 19.1. The Kier molecular flexibility index (Phi) is 9.23. The lowest BCUT2D eigenvalue weighted by atomic mass is 9.71. The van der Waals surface area contributed by atoms with Gasteiger partial charge in [0.1, 0.15) is 36.0 Å². The van der Waals surface area contributed by atoms with E-state index in [0.717, 1.165) is 12.8 Å². The molecule has 234 valence electrons. The molecule has 0 aromatic carbocycles. The Balaban J connectivity index is 1.53. The van der Waals surface area contributed by atoms with Gasteiger partial charge in [-0.15, -0.1) is 0 Å². The van der Waals surface area contributed by atoms with Gasteiger partial charge in [-0.3, -0.25) is 4.79 Å². The molecule has 4 heterocycles. The van der Waals surface area contributed by atoms with Crippen LogP contribution >= 0.6 is 0 Å². The average Bonchev–Trinajstić information content (AvgIpc) is 3.30. The van der Waals surface area contributed by atoms with Crippen molar-refractivity contribution in [1.29, 1.82) is 0 Å². The Morgan fingerprint density at radius 3 is 2.67 bits per heavy atom. The quantitative estimate of drug-likeness (QED) is 0.325. The van der Waals surface area contributed by atoms with Crippen LogP contribution in [0.3, 0.4) is 0 Å². The Morgan fingerprint density at radius 2 is 1.93 bits per heavy atom. The van der Waals surface area contributed by atoms with Crippen molar-refractivity contribution in [2.75, 3.05) is 6.61 Å². The lowest BCUT2D eigenvalue weighted by molar-refractivity contribution is -0.340. The third-order valence-electron chi connectivity index (χ3n) is 10.4. The molecule has 8 heteroatoms. The van der Waals surface area contributed by atoms with Gasteiger partial charge in [-0.1, -0.05) is 64.5 Å². The largest absolute Gasteiger partial charge is 0.462 e. The number of hydrogen-bond acceptors (Lipinski definition) is 7. The summed E-state index contributed by atoms with van der Waals surface area (Å²) < 4.78 is 41.0. The topological polar surface area (TPSA) is 94.5 Å². The molecule has 0 aromatic heterocycles. The van der Waals surface area contributed by atoms with E-state index in [9.17, 15) is 15.0 Å². The van der Waals surface area contributed by atoms with Crippen molar-refractivity contribution in [1.82, 2.24) is 0 Å². The third kappa shape index (κ3) is 5.82. The minimum Gasteiger partial charge on any atom is -0.462 e. The van der Waals surface area contributed by atoms with Gasteiger partial charge in [-0.25, -0.2) is 4.39 Å². The number of carbonyl (C=O) groups excluding carboxylic acids is 1. The maximum absolute atomic E-state index is 15.5. The summed E-state index contributed by atoms with van der Waals surface area (Å²) in [4.78, 5) is 14.0. The van der Waals surface area contributed by atoms with Crippen LogP contribution in [0.15, 0.2) is 47.1 Å². The minimum atomic E-state index is -1.79. The van der Waals surface area contributed by atoms with E-state index in [4.69, 9.17) is 18.9 Å². The number of ether oxygens (including phenoxy) is 4. The first-order valence-electron chi connectivity index (χ1n) is 15.8. The van der Waals surface area contributed by atoms with E-state index < -0.39 is 53.7 Å². The molecule has 3 fully saturated rings. The molecule has 2 N–H and O–H groups in total. The zero-order chi connectivity index (χ0) is 30.4. The highest BCUT2D eigenvalue weighted by molar-refractivity contribution is 5.78. The number of carbonyl (C=O) groups is 1. The average molecular weight is 589 g/mol. The molecule has 0 amide bonds. The lowest BCUT2D eigenvalue weighted by Crippen LogP contribution is -2.58. The van der Waals surface area contributed by atoms with E-state index in [0.29, 0.717) is 54.2 Å². The summed E-state index contributed by atoms with van der Waals surface area (Å²) in [5, 5.41) is 23.0. The lowest BCUT2D eigenvalue weighted by Gasteiger charge is -2.51. The van der Waals surface area contributed by atoms with E-state index >= 15 is 4.39 Å². The van der Waals surface area contributed by atoms with Crippen LogP contribution in [0, 0.1) is 23.7 Å². The van der Waals surface area contributed by atoms with Crippen molar-refractivity contribution in [2.45, 2.75) is 128 Å². The fraction of sp³-hybridized carbons (Fsp3) is 0.735. The van der Waals surface area contributed by atoms with Crippen molar-refractivity contribution in [3.8, 4) is 0 Å². The summed E-state index contributed by atoms with van der Waals surface area (Å²) in [5.41, 5.74) is -0.155. The summed E-state index contributed by atoms with van der Waals surface area (Å²) in [6.45, 7) is 12.0. The molecular formula is C34H49FO7. The number of fused-ring (bicyclic) bond motifs is 2. The van der Waals surface area contributed by atoms with Gasteiger partial charge in [0, 0.05) is 25.2 Å². The molecule has 0 aromatic rings. The molecule has 1 aliphatic carbocycles. The molecule has 12 unspecified atom stereocenters. The molecule has 4 aliphatic heterocycles. The molecule has 5 rings (SSSR count). The van der Waals surface area contributed by atoms with Gasteiger partial charge >= 0.3 is 5.97 Å². The van der Waals surface area contributed by atoms with Crippen LogP contribution < -0.4 is 0 Å². The van der Waals surface area contributed by atoms with Gasteiger partial charge in [0.05, 0.1) is 18.8 Å². The molecule has 42 heavy (non-hydrogen) atoms. The number of hydrogen-bond donors (Lipinski definition) is 2. The SMILES string of the molecule is CCC(C)C1OC2(CCC1C)CC1CC(C/C=C(\C)C(F)C(C)/C=C/C=C3\COC4C(O)C(C)=CC(C(=O)O1)C34O)O2. The standard InChI is InChI=1S/C34H49FO7/c1-7-19(2)30-22(5)13-14-33(42-30)17-26-16-25(41-33)12-11-21(4)28(35)20(3)9-8-10-24-18-39-31-29(36)23(6)15-27(32(37)40-26)34(24,31)38/h8-11,15,19-20,22,25-31,36,38H,7,12-14,16-18H2,1-6H3/b9-8+,21-11+,24-10+. The van der Waals surface area contributed by atoms with Crippen LogP contribution in [-0.2, 0) is 23.7 Å². The molecule has 0 saturated carbocycles. The predicted molar refractivity (Wildman–Crippen MR) is 157 cm³/mol. The first kappa shape index (κ1) is 31.6. The predicted octanol–water partition coefficient (Wildman–Crippen LogP) is 5.51. The molecule has 12 atom stereocenters. The van der Waals surface area contributed by atoms with Crippen LogP contribution in [0.4, 0.5) is 4.39 Å². The van der Waals surface area contributed by atoms with Crippen LogP contribution in [-0.4, -0.2) is 70.9 Å². The fourth-order valence-electron chi connectivity index (χ4n) is 7.54. The number of alkyl halides is 1. The molecule has 2 bridgehead atoms. The van der Waals surface area contributed by atoms with Crippen molar-refractivity contribution >= 4 is 5.97 Å². The van der Waals surface area contributed by atoms with Gasteiger partial charge in [-0.2, -0.15) is 0 Å². The van der Waals surface area contributed by atoms with Gasteiger partial charge in [0.2, 0.25) is 0 Å². The second kappa shape index (κ2) is 12.3. The molecule has 0 radical (unpaired) electrons. The molecule has 1 spiro atoms. The Labute approximate surface area is 249 Å². The third-order valence-corrected chi connectivity index (χ3v) is 10.4. The van der Waals surface area contributed by atoms with Crippen molar-refractivity contribution in [3.63, 3.8) is 0 Å². The van der Waals surface area contributed by atoms with E-state index in [1.165, 1.54) is 0 Å². The maximum atomic E-state index is 15.5. The minimum absolute atomic E-state index is 0.0204. The number of halogens is 1. The molecule has 5 aliphatic rings. The van der Waals surface area contributed by atoms with E-state index in [1.807, 2.05) is 13.0 Å². The van der Waals surface area contributed by atoms with E-state index in [-0.39, 0.29) is 18.8 Å². The Bertz CT molecular complexity index is 1140. The van der Waals surface area contributed by atoms with Gasteiger partial charge < -0.3 is 29.2 Å². The van der Waals surface area contributed by atoms with Gasteiger partial charge in [0.15, 0.2) is 5.79 Å². The Morgan fingerprint density at radius 1 is 1.17 bits per heavy atom. The van der Waals surface area contributed by atoms with Crippen molar-refractivity contribution < 1.29 is 38.3 Å². The smallest absolute Gasteiger partial charge is 0.316 e. The zero-order valence-electron chi connectivity index (χ0n) is 25.9. The monoisotopic (exact) mass is 588 g/mol. The maximum Gasteiger partial charge on any atom is 0.316 e. The number of esters is 1. The number of aliphatic hydroxyl groups is 2.